The average Bonchev–Trinajstić information content (AvgIpc) is 3.16. The summed E-state index contributed by atoms with van der Waals surface area (Å²) in [5.74, 6) is 2.04. The van der Waals surface area contributed by atoms with E-state index in [0.717, 1.165) is 42.5 Å². The van der Waals surface area contributed by atoms with E-state index in [9.17, 15) is 4.79 Å². The second kappa shape index (κ2) is 10.7. The van der Waals surface area contributed by atoms with Crippen LogP contribution in [-0.2, 0) is 17.8 Å². The lowest BCUT2D eigenvalue weighted by Crippen LogP contribution is -2.37. The van der Waals surface area contributed by atoms with Crippen LogP contribution >= 0.6 is 11.8 Å². The molecule has 0 radical (unpaired) electrons. The predicted molar refractivity (Wildman–Crippen MR) is 116 cm³/mol. The summed E-state index contributed by atoms with van der Waals surface area (Å²) in [6.45, 7) is 6.91. The van der Waals surface area contributed by atoms with Gasteiger partial charge in [-0.25, -0.2) is 0 Å². The van der Waals surface area contributed by atoms with Gasteiger partial charge in [-0.05, 0) is 50.8 Å². The maximum Gasteiger partial charge on any atom is 0.230 e. The highest BCUT2D eigenvalue weighted by Gasteiger charge is 2.20. The number of benzene rings is 1. The van der Waals surface area contributed by atoms with Gasteiger partial charge in [-0.1, -0.05) is 50.1 Å². The molecule has 1 aromatic carbocycles. The molecule has 1 aliphatic carbocycles. The van der Waals surface area contributed by atoms with E-state index in [0.29, 0.717) is 11.8 Å². The number of hydrogen-bond donors (Lipinski definition) is 1. The molecule has 6 nitrogen and oxygen atoms in total. The first-order valence-electron chi connectivity index (χ1n) is 10.7. The van der Waals surface area contributed by atoms with Gasteiger partial charge >= 0.3 is 0 Å². The lowest BCUT2D eigenvalue weighted by molar-refractivity contribution is -0.119. The van der Waals surface area contributed by atoms with Crippen LogP contribution in [-0.4, -0.2) is 32.5 Å². The maximum absolute atomic E-state index is 12.3. The van der Waals surface area contributed by atoms with Crippen molar-refractivity contribution in [2.75, 3.05) is 5.75 Å². The lowest BCUT2D eigenvalue weighted by atomic mass is 9.95. The summed E-state index contributed by atoms with van der Waals surface area (Å²) < 4.78 is 8.10. The molecule has 1 amide bonds. The first-order valence-corrected chi connectivity index (χ1v) is 11.7. The zero-order valence-corrected chi connectivity index (χ0v) is 18.5. The Bertz CT molecular complexity index is 785. The Morgan fingerprint density at radius 2 is 1.93 bits per heavy atom. The summed E-state index contributed by atoms with van der Waals surface area (Å²) >= 11 is 1.44. The normalized spacial score (nSPS) is 15.8. The van der Waals surface area contributed by atoms with Crippen molar-refractivity contribution < 1.29 is 9.53 Å². The molecule has 1 aromatic heterocycles. The third-order valence-corrected chi connectivity index (χ3v) is 6.34. The molecule has 0 spiro atoms. The van der Waals surface area contributed by atoms with Crippen LogP contribution in [0.3, 0.4) is 0 Å². The number of ether oxygens (including phenoxy) is 1. The second-order valence-electron chi connectivity index (χ2n) is 7.53. The van der Waals surface area contributed by atoms with Crippen LogP contribution < -0.4 is 10.1 Å². The molecule has 0 aliphatic heterocycles. The van der Waals surface area contributed by atoms with Gasteiger partial charge in [0, 0.05) is 12.6 Å². The van der Waals surface area contributed by atoms with E-state index in [1.807, 2.05) is 23.6 Å². The highest BCUT2D eigenvalue weighted by atomic mass is 32.2. The molecule has 1 atom stereocenters. The largest absolute Gasteiger partial charge is 0.483 e. The van der Waals surface area contributed by atoms with Crippen molar-refractivity contribution in [2.24, 2.45) is 0 Å². The van der Waals surface area contributed by atoms with E-state index < -0.39 is 0 Å². The summed E-state index contributed by atoms with van der Waals surface area (Å²) in [5, 5.41) is 12.6. The maximum atomic E-state index is 12.3. The van der Waals surface area contributed by atoms with Gasteiger partial charge < -0.3 is 14.6 Å². The van der Waals surface area contributed by atoms with Gasteiger partial charge in [-0.15, -0.1) is 10.2 Å². The summed E-state index contributed by atoms with van der Waals surface area (Å²) in [6, 6.07) is 8.49. The molecule has 2 aromatic rings. The van der Waals surface area contributed by atoms with Crippen molar-refractivity contribution in [3.8, 4) is 5.75 Å². The topological polar surface area (TPSA) is 69.0 Å². The van der Waals surface area contributed by atoms with Gasteiger partial charge in [-0.3, -0.25) is 4.79 Å². The molecule has 1 fully saturated rings. The van der Waals surface area contributed by atoms with Crippen LogP contribution in [0.2, 0.25) is 0 Å². The standard InChI is InChI=1S/C22H32N4O2S/c1-4-17-11-13-19(14-12-17)28-16(3)21-24-25-22(26(21)5-2)29-15-20(27)23-18-9-7-6-8-10-18/h11-14,16,18H,4-10,15H2,1-3H3,(H,23,27). The van der Waals surface area contributed by atoms with Crippen LogP contribution in [0.15, 0.2) is 29.4 Å². The molecule has 1 N–H and O–H groups in total. The molecule has 1 saturated carbocycles. The Kier molecular flexibility index (Phi) is 7.98. The fourth-order valence-electron chi connectivity index (χ4n) is 3.71. The third kappa shape index (κ3) is 5.98. The van der Waals surface area contributed by atoms with Crippen molar-refractivity contribution in [3.05, 3.63) is 35.7 Å². The number of hydrogen-bond acceptors (Lipinski definition) is 5. The minimum atomic E-state index is -0.222. The fraction of sp³-hybridized carbons (Fsp3) is 0.591. The van der Waals surface area contributed by atoms with E-state index >= 15 is 0 Å². The molecular formula is C22H32N4O2S. The van der Waals surface area contributed by atoms with E-state index in [1.54, 1.807) is 0 Å². The average molecular weight is 417 g/mol. The van der Waals surface area contributed by atoms with Crippen molar-refractivity contribution in [3.63, 3.8) is 0 Å². The molecule has 0 saturated heterocycles. The van der Waals surface area contributed by atoms with Crippen LogP contribution in [0.4, 0.5) is 0 Å². The van der Waals surface area contributed by atoms with E-state index in [2.05, 4.69) is 41.5 Å². The molecule has 1 unspecified atom stereocenters. The van der Waals surface area contributed by atoms with Gasteiger partial charge in [0.05, 0.1) is 5.75 Å². The van der Waals surface area contributed by atoms with Gasteiger partial charge in [-0.2, -0.15) is 0 Å². The molecular weight excluding hydrogens is 384 g/mol. The number of carbonyl (C=O) groups is 1. The van der Waals surface area contributed by atoms with Gasteiger partial charge in [0.2, 0.25) is 5.91 Å². The number of aromatic nitrogens is 3. The molecule has 1 aliphatic rings. The van der Waals surface area contributed by atoms with Crippen LogP contribution in [0.25, 0.3) is 0 Å². The number of nitrogens with one attached hydrogen (secondary N) is 1. The minimum Gasteiger partial charge on any atom is -0.483 e. The Balaban J connectivity index is 1.57. The summed E-state index contributed by atoms with van der Waals surface area (Å²) in [6.07, 6.45) is 6.69. The SMILES string of the molecule is CCc1ccc(OC(C)c2nnc(SCC(=O)NC3CCCCC3)n2CC)cc1. The smallest absolute Gasteiger partial charge is 0.230 e. The van der Waals surface area contributed by atoms with Crippen molar-refractivity contribution >= 4 is 17.7 Å². The molecule has 158 valence electrons. The Morgan fingerprint density at radius 1 is 1.21 bits per heavy atom. The zero-order valence-electron chi connectivity index (χ0n) is 17.7. The Labute approximate surface area is 177 Å². The highest BCUT2D eigenvalue weighted by molar-refractivity contribution is 7.99. The first kappa shape index (κ1) is 21.7. The quantitative estimate of drug-likeness (QED) is 0.608. The predicted octanol–water partition coefficient (Wildman–Crippen LogP) is 4.54. The van der Waals surface area contributed by atoms with Gasteiger partial charge in [0.1, 0.15) is 5.75 Å². The number of nitrogens with zero attached hydrogens (tertiary/aromatic N) is 3. The Morgan fingerprint density at radius 3 is 2.59 bits per heavy atom. The molecule has 1 heterocycles. The molecule has 0 bridgehead atoms. The van der Waals surface area contributed by atoms with Crippen LogP contribution in [0.5, 0.6) is 5.75 Å². The molecule has 29 heavy (non-hydrogen) atoms. The van der Waals surface area contributed by atoms with E-state index in [4.69, 9.17) is 4.74 Å². The lowest BCUT2D eigenvalue weighted by Gasteiger charge is -2.22. The van der Waals surface area contributed by atoms with E-state index in [1.165, 1.54) is 36.6 Å². The summed E-state index contributed by atoms with van der Waals surface area (Å²) in [7, 11) is 0. The number of aryl methyl sites for hydroxylation is 1. The van der Waals surface area contributed by atoms with Crippen LogP contribution in [0.1, 0.15) is 70.4 Å². The van der Waals surface area contributed by atoms with Crippen molar-refractivity contribution in [1.82, 2.24) is 20.1 Å². The zero-order chi connectivity index (χ0) is 20.6. The van der Waals surface area contributed by atoms with Crippen molar-refractivity contribution in [2.45, 2.75) is 83.1 Å². The fourth-order valence-corrected chi connectivity index (χ4v) is 4.53. The van der Waals surface area contributed by atoms with Gasteiger partial charge in [0.15, 0.2) is 17.1 Å². The van der Waals surface area contributed by atoms with Crippen molar-refractivity contribution in [1.29, 1.82) is 0 Å². The highest BCUT2D eigenvalue weighted by Crippen LogP contribution is 2.25. The number of thioether (sulfide) groups is 1. The minimum absolute atomic E-state index is 0.0782. The third-order valence-electron chi connectivity index (χ3n) is 5.37. The second-order valence-corrected chi connectivity index (χ2v) is 8.48. The van der Waals surface area contributed by atoms with Gasteiger partial charge in [0.25, 0.3) is 0 Å². The Hall–Kier alpha value is -2.02. The summed E-state index contributed by atoms with van der Waals surface area (Å²) in [4.78, 5) is 12.3. The van der Waals surface area contributed by atoms with E-state index in [-0.39, 0.29) is 12.0 Å². The monoisotopic (exact) mass is 416 g/mol. The number of carbonyl (C=O) groups excluding carboxylic acids is 1. The molecule has 7 heteroatoms. The number of amides is 1. The number of rotatable bonds is 9. The van der Waals surface area contributed by atoms with Crippen LogP contribution in [0, 0.1) is 0 Å². The summed E-state index contributed by atoms with van der Waals surface area (Å²) in [5.41, 5.74) is 1.28. The molecule has 3 rings (SSSR count). The first-order chi connectivity index (χ1) is 14.1.